The summed E-state index contributed by atoms with van der Waals surface area (Å²) in [6.45, 7) is 5.00. The number of rotatable bonds is 5. The van der Waals surface area contributed by atoms with Gasteiger partial charge >= 0.3 is 5.97 Å². The van der Waals surface area contributed by atoms with E-state index in [1.807, 2.05) is 0 Å². The number of likely N-dealkylation sites (N-methyl/N-ethyl adjacent to an activating group) is 1. The molecule has 1 atom stereocenters. The van der Waals surface area contributed by atoms with Crippen molar-refractivity contribution in [3.05, 3.63) is 22.4 Å². The van der Waals surface area contributed by atoms with Crippen molar-refractivity contribution in [1.82, 2.24) is 10.2 Å². The number of hydrogen-bond donors (Lipinski definition) is 2. The number of carboxylic acid groups (broad SMARTS) is 1. The molecule has 7 heteroatoms. The van der Waals surface area contributed by atoms with Crippen molar-refractivity contribution >= 4 is 29.1 Å². The Morgan fingerprint density at radius 1 is 1.38 bits per heavy atom. The van der Waals surface area contributed by atoms with Crippen molar-refractivity contribution in [1.29, 1.82) is 0 Å². The molecule has 0 aliphatic carbocycles. The van der Waals surface area contributed by atoms with E-state index in [2.05, 4.69) is 5.32 Å². The van der Waals surface area contributed by atoms with Gasteiger partial charge in [0.15, 0.2) is 0 Å². The Bertz CT molecular complexity index is 520. The van der Waals surface area contributed by atoms with Crippen LogP contribution in [0.4, 0.5) is 0 Å². The lowest BCUT2D eigenvalue weighted by Gasteiger charge is -2.28. The first kappa shape index (κ1) is 17.2. The van der Waals surface area contributed by atoms with Crippen molar-refractivity contribution < 1.29 is 19.5 Å². The summed E-state index contributed by atoms with van der Waals surface area (Å²) < 4.78 is 0. The maximum atomic E-state index is 12.0. The number of thiophene rings is 1. The Hall–Kier alpha value is -1.89. The third-order valence-electron chi connectivity index (χ3n) is 2.88. The van der Waals surface area contributed by atoms with Crippen molar-refractivity contribution in [3.8, 4) is 0 Å². The van der Waals surface area contributed by atoms with Crippen molar-refractivity contribution in [3.63, 3.8) is 0 Å². The molecule has 116 valence electrons. The molecule has 0 spiro atoms. The van der Waals surface area contributed by atoms with Gasteiger partial charge < -0.3 is 15.3 Å². The first-order valence-corrected chi connectivity index (χ1v) is 7.32. The zero-order chi connectivity index (χ0) is 16.2. The van der Waals surface area contributed by atoms with Gasteiger partial charge in [-0.1, -0.05) is 26.8 Å². The number of amides is 2. The highest BCUT2D eigenvalue weighted by atomic mass is 32.1. The minimum absolute atomic E-state index is 0.184. The van der Waals surface area contributed by atoms with E-state index in [0.717, 1.165) is 0 Å². The SMILES string of the molecule is CN(CC(=O)N[C@@H](C(=O)O)C(C)(C)C)C(=O)c1cccs1. The number of nitrogens with one attached hydrogen (secondary N) is 1. The average molecular weight is 312 g/mol. The molecular weight excluding hydrogens is 292 g/mol. The van der Waals surface area contributed by atoms with Crippen LogP contribution in [0.5, 0.6) is 0 Å². The number of nitrogens with zero attached hydrogens (tertiary/aromatic N) is 1. The van der Waals surface area contributed by atoms with Crippen molar-refractivity contribution in [2.45, 2.75) is 26.8 Å². The van der Waals surface area contributed by atoms with Gasteiger partial charge in [-0.05, 0) is 16.9 Å². The van der Waals surface area contributed by atoms with E-state index in [4.69, 9.17) is 5.11 Å². The molecule has 21 heavy (non-hydrogen) atoms. The van der Waals surface area contributed by atoms with Crippen LogP contribution in [0.1, 0.15) is 30.4 Å². The van der Waals surface area contributed by atoms with Crippen LogP contribution in [-0.4, -0.2) is 47.4 Å². The molecule has 0 saturated carbocycles. The lowest BCUT2D eigenvalue weighted by Crippen LogP contribution is -2.51. The molecule has 1 rings (SSSR count). The number of hydrogen-bond acceptors (Lipinski definition) is 4. The third-order valence-corrected chi connectivity index (χ3v) is 3.74. The molecule has 0 saturated heterocycles. The van der Waals surface area contributed by atoms with E-state index < -0.39 is 23.3 Å². The molecule has 1 aromatic heterocycles. The maximum Gasteiger partial charge on any atom is 0.326 e. The summed E-state index contributed by atoms with van der Waals surface area (Å²) in [5.41, 5.74) is -0.613. The molecule has 0 fully saturated rings. The van der Waals surface area contributed by atoms with E-state index in [1.165, 1.54) is 23.3 Å². The predicted molar refractivity (Wildman–Crippen MR) is 80.3 cm³/mol. The fourth-order valence-corrected chi connectivity index (χ4v) is 2.45. The highest BCUT2D eigenvalue weighted by Gasteiger charge is 2.32. The van der Waals surface area contributed by atoms with E-state index >= 15 is 0 Å². The van der Waals surface area contributed by atoms with E-state index in [-0.39, 0.29) is 12.5 Å². The fraction of sp³-hybridized carbons (Fsp3) is 0.500. The van der Waals surface area contributed by atoms with Crippen molar-refractivity contribution in [2.75, 3.05) is 13.6 Å². The summed E-state index contributed by atoms with van der Waals surface area (Å²) in [5.74, 6) is -1.85. The van der Waals surface area contributed by atoms with Gasteiger partial charge in [-0.15, -0.1) is 11.3 Å². The first-order chi connectivity index (χ1) is 9.62. The lowest BCUT2D eigenvalue weighted by molar-refractivity contribution is -0.145. The molecule has 2 N–H and O–H groups in total. The molecular formula is C14H20N2O4S. The molecule has 6 nitrogen and oxygen atoms in total. The average Bonchev–Trinajstić information content (AvgIpc) is 2.86. The van der Waals surface area contributed by atoms with Crippen LogP contribution in [-0.2, 0) is 9.59 Å². The Morgan fingerprint density at radius 2 is 2.00 bits per heavy atom. The second kappa shape index (κ2) is 6.71. The second-order valence-corrected chi connectivity index (χ2v) is 6.79. The highest BCUT2D eigenvalue weighted by molar-refractivity contribution is 7.12. The van der Waals surface area contributed by atoms with Crippen LogP contribution in [0.2, 0.25) is 0 Å². The van der Waals surface area contributed by atoms with Gasteiger partial charge in [-0.25, -0.2) is 4.79 Å². The monoisotopic (exact) mass is 312 g/mol. The van der Waals surface area contributed by atoms with E-state index in [9.17, 15) is 14.4 Å². The molecule has 1 heterocycles. The Balaban J connectivity index is 2.64. The van der Waals surface area contributed by atoms with E-state index in [0.29, 0.717) is 4.88 Å². The zero-order valence-corrected chi connectivity index (χ0v) is 13.4. The Labute approximate surface area is 127 Å². The minimum atomic E-state index is -1.09. The Kier molecular flexibility index (Phi) is 5.48. The summed E-state index contributed by atoms with van der Waals surface area (Å²) >= 11 is 1.29. The molecule has 0 unspecified atom stereocenters. The topological polar surface area (TPSA) is 86.7 Å². The maximum absolute atomic E-state index is 12.0. The van der Waals surface area contributed by atoms with Gasteiger partial charge in [-0.2, -0.15) is 0 Å². The largest absolute Gasteiger partial charge is 0.480 e. The molecule has 0 aromatic carbocycles. The smallest absolute Gasteiger partial charge is 0.326 e. The van der Waals surface area contributed by atoms with Gasteiger partial charge in [-0.3, -0.25) is 9.59 Å². The molecule has 0 aliphatic rings. The fourth-order valence-electron chi connectivity index (χ4n) is 1.73. The van der Waals surface area contributed by atoms with Crippen LogP contribution in [0.15, 0.2) is 17.5 Å². The van der Waals surface area contributed by atoms with Crippen LogP contribution < -0.4 is 5.32 Å². The Morgan fingerprint density at radius 3 is 2.43 bits per heavy atom. The van der Waals surface area contributed by atoms with Gasteiger partial charge in [0.25, 0.3) is 5.91 Å². The van der Waals surface area contributed by atoms with Gasteiger partial charge in [0.05, 0.1) is 11.4 Å². The predicted octanol–water partition coefficient (Wildman–Crippen LogP) is 1.44. The molecule has 0 bridgehead atoms. The van der Waals surface area contributed by atoms with Gasteiger partial charge in [0.1, 0.15) is 6.04 Å². The number of carbonyl (C=O) groups excluding carboxylic acids is 2. The molecule has 2 amide bonds. The normalized spacial score (nSPS) is 12.6. The van der Waals surface area contributed by atoms with Gasteiger partial charge in [0.2, 0.25) is 5.91 Å². The van der Waals surface area contributed by atoms with Crippen LogP contribution in [0.25, 0.3) is 0 Å². The molecule has 0 radical (unpaired) electrons. The minimum Gasteiger partial charge on any atom is -0.480 e. The summed E-state index contributed by atoms with van der Waals surface area (Å²) in [4.78, 5) is 36.9. The zero-order valence-electron chi connectivity index (χ0n) is 12.5. The number of carbonyl (C=O) groups is 3. The molecule has 1 aromatic rings. The van der Waals surface area contributed by atoms with Crippen LogP contribution in [0.3, 0.4) is 0 Å². The van der Waals surface area contributed by atoms with Gasteiger partial charge in [0, 0.05) is 7.05 Å². The number of aliphatic carboxylic acids is 1. The summed E-state index contributed by atoms with van der Waals surface area (Å²) in [6.07, 6.45) is 0. The highest BCUT2D eigenvalue weighted by Crippen LogP contribution is 2.19. The van der Waals surface area contributed by atoms with Crippen LogP contribution >= 0.6 is 11.3 Å². The molecule has 0 aliphatic heterocycles. The summed E-state index contributed by atoms with van der Waals surface area (Å²) in [7, 11) is 1.51. The van der Waals surface area contributed by atoms with Crippen molar-refractivity contribution in [2.24, 2.45) is 5.41 Å². The van der Waals surface area contributed by atoms with Crippen LogP contribution in [0, 0.1) is 5.41 Å². The third kappa shape index (κ3) is 4.86. The summed E-state index contributed by atoms with van der Waals surface area (Å²) in [6, 6.07) is 2.43. The second-order valence-electron chi connectivity index (χ2n) is 5.84. The van der Waals surface area contributed by atoms with E-state index in [1.54, 1.807) is 38.3 Å². The lowest BCUT2D eigenvalue weighted by atomic mass is 9.87. The number of carboxylic acids is 1. The standard InChI is InChI=1S/C14H20N2O4S/c1-14(2,3)11(13(19)20)15-10(17)8-16(4)12(18)9-6-5-7-21-9/h5-7,11H,8H2,1-4H3,(H,15,17)(H,19,20)/t11-/m0/s1. The first-order valence-electron chi connectivity index (χ1n) is 6.44. The quantitative estimate of drug-likeness (QED) is 0.861. The summed E-state index contributed by atoms with van der Waals surface area (Å²) in [5, 5.41) is 13.4.